The maximum atomic E-state index is 13.5. The van der Waals surface area contributed by atoms with Gasteiger partial charge in [-0.2, -0.15) is 13.2 Å². The minimum Gasteiger partial charge on any atom is -0.354 e. The van der Waals surface area contributed by atoms with Crippen molar-refractivity contribution in [2.45, 2.75) is 45.5 Å². The number of amides is 2. The molecule has 198 valence electrons. The topological polar surface area (TPSA) is 86.8 Å². The molecular formula is C24H29ClF3N3O4S. The van der Waals surface area contributed by atoms with Gasteiger partial charge in [0.25, 0.3) is 0 Å². The van der Waals surface area contributed by atoms with Crippen molar-refractivity contribution in [1.82, 2.24) is 10.2 Å². The van der Waals surface area contributed by atoms with E-state index in [-0.39, 0.29) is 18.0 Å². The van der Waals surface area contributed by atoms with Gasteiger partial charge in [0.1, 0.15) is 12.6 Å². The van der Waals surface area contributed by atoms with Crippen LogP contribution in [-0.4, -0.2) is 50.5 Å². The molecule has 1 atom stereocenters. The molecule has 0 saturated carbocycles. The van der Waals surface area contributed by atoms with Crippen LogP contribution in [0.15, 0.2) is 48.5 Å². The fourth-order valence-electron chi connectivity index (χ4n) is 3.54. The first-order valence-electron chi connectivity index (χ1n) is 11.2. The zero-order valence-electron chi connectivity index (χ0n) is 20.2. The Morgan fingerprint density at radius 3 is 2.25 bits per heavy atom. The van der Waals surface area contributed by atoms with E-state index in [0.717, 1.165) is 18.4 Å². The van der Waals surface area contributed by atoms with Gasteiger partial charge in [-0.25, -0.2) is 8.42 Å². The summed E-state index contributed by atoms with van der Waals surface area (Å²) in [7, 11) is -4.24. The molecule has 0 aromatic heterocycles. The maximum Gasteiger partial charge on any atom is 0.416 e. The first kappa shape index (κ1) is 29.4. The summed E-state index contributed by atoms with van der Waals surface area (Å²) in [6.07, 6.45) is -3.08. The summed E-state index contributed by atoms with van der Waals surface area (Å²) >= 11 is 6.07. The van der Waals surface area contributed by atoms with Gasteiger partial charge in [-0.05, 0) is 36.6 Å². The minimum atomic E-state index is -4.75. The van der Waals surface area contributed by atoms with Gasteiger partial charge in [0.05, 0.1) is 22.5 Å². The Bertz CT molecular complexity index is 1160. The van der Waals surface area contributed by atoms with Crippen LogP contribution >= 0.6 is 11.6 Å². The van der Waals surface area contributed by atoms with Crippen LogP contribution in [0.1, 0.15) is 37.8 Å². The highest BCUT2D eigenvalue weighted by atomic mass is 35.5. The second-order valence-electron chi connectivity index (χ2n) is 8.16. The zero-order chi connectivity index (χ0) is 27.1. The SMILES string of the molecule is CCCNC(=O)C(CC)N(Cc1ccccc1)C(=O)CN(c1cc(C(F)(F)F)ccc1Cl)S(C)(=O)=O. The van der Waals surface area contributed by atoms with E-state index in [9.17, 15) is 31.2 Å². The van der Waals surface area contributed by atoms with E-state index in [1.165, 1.54) is 4.90 Å². The molecule has 0 aliphatic heterocycles. The molecule has 0 fully saturated rings. The molecule has 2 rings (SSSR count). The highest BCUT2D eigenvalue weighted by Crippen LogP contribution is 2.36. The number of nitrogens with one attached hydrogen (secondary N) is 1. The van der Waals surface area contributed by atoms with Crippen LogP contribution < -0.4 is 9.62 Å². The van der Waals surface area contributed by atoms with Crippen LogP contribution in [0.3, 0.4) is 0 Å². The van der Waals surface area contributed by atoms with Crippen molar-refractivity contribution in [3.05, 3.63) is 64.7 Å². The number of benzene rings is 2. The second kappa shape index (κ2) is 12.4. The van der Waals surface area contributed by atoms with Gasteiger partial charge in [-0.3, -0.25) is 13.9 Å². The van der Waals surface area contributed by atoms with Crippen LogP contribution in [0.2, 0.25) is 5.02 Å². The van der Waals surface area contributed by atoms with Crippen LogP contribution in [0.5, 0.6) is 0 Å². The Balaban J connectivity index is 2.51. The summed E-state index contributed by atoms with van der Waals surface area (Å²) in [4.78, 5) is 27.6. The van der Waals surface area contributed by atoms with E-state index >= 15 is 0 Å². The van der Waals surface area contributed by atoms with Crippen molar-refractivity contribution in [1.29, 1.82) is 0 Å². The third-order valence-corrected chi connectivity index (χ3v) is 6.80. The molecule has 0 saturated heterocycles. The quantitative estimate of drug-likeness (QED) is 0.450. The Morgan fingerprint density at radius 2 is 1.72 bits per heavy atom. The Kier molecular flexibility index (Phi) is 10.2. The van der Waals surface area contributed by atoms with Gasteiger partial charge in [0.2, 0.25) is 21.8 Å². The highest BCUT2D eigenvalue weighted by Gasteiger charge is 2.35. The standard InChI is InChI=1S/C24H29ClF3N3O4S/c1-4-13-29-23(33)20(5-2)30(15-17-9-7-6-8-10-17)22(32)16-31(36(3,34)35)21-14-18(24(26,27)28)11-12-19(21)25/h6-12,14,20H,4-5,13,15-16H2,1-3H3,(H,29,33). The predicted octanol–water partition coefficient (Wildman–Crippen LogP) is 4.46. The maximum absolute atomic E-state index is 13.5. The average Bonchev–Trinajstić information content (AvgIpc) is 2.80. The Hall–Kier alpha value is -2.79. The van der Waals surface area contributed by atoms with Crippen molar-refractivity contribution in [3.63, 3.8) is 0 Å². The fourth-order valence-corrected chi connectivity index (χ4v) is 4.66. The van der Waals surface area contributed by atoms with Crippen molar-refractivity contribution in [2.24, 2.45) is 0 Å². The normalized spacial score (nSPS) is 12.6. The predicted molar refractivity (Wildman–Crippen MR) is 133 cm³/mol. The molecular weight excluding hydrogens is 519 g/mol. The molecule has 0 bridgehead atoms. The number of nitrogens with zero attached hydrogens (tertiary/aromatic N) is 2. The largest absolute Gasteiger partial charge is 0.416 e. The lowest BCUT2D eigenvalue weighted by molar-refractivity contribution is -0.140. The van der Waals surface area contributed by atoms with Gasteiger partial charge < -0.3 is 10.2 Å². The summed E-state index contributed by atoms with van der Waals surface area (Å²) in [5.41, 5.74) is -0.907. The number of anilines is 1. The Morgan fingerprint density at radius 1 is 1.08 bits per heavy atom. The fraction of sp³-hybridized carbons (Fsp3) is 0.417. The second-order valence-corrected chi connectivity index (χ2v) is 10.5. The molecule has 7 nitrogen and oxygen atoms in total. The highest BCUT2D eigenvalue weighted by molar-refractivity contribution is 7.92. The lowest BCUT2D eigenvalue weighted by Gasteiger charge is -2.33. The van der Waals surface area contributed by atoms with Gasteiger partial charge in [-0.1, -0.05) is 55.8 Å². The lowest BCUT2D eigenvalue weighted by atomic mass is 10.1. The van der Waals surface area contributed by atoms with Gasteiger partial charge in [-0.15, -0.1) is 0 Å². The van der Waals surface area contributed by atoms with E-state index in [1.54, 1.807) is 37.3 Å². The monoisotopic (exact) mass is 547 g/mol. The lowest BCUT2D eigenvalue weighted by Crippen LogP contribution is -2.52. The third-order valence-electron chi connectivity index (χ3n) is 5.35. The summed E-state index contributed by atoms with van der Waals surface area (Å²) in [6.45, 7) is 3.12. The van der Waals surface area contributed by atoms with Crippen LogP contribution in [0, 0.1) is 0 Å². The molecule has 0 heterocycles. The number of halogens is 4. The van der Waals surface area contributed by atoms with Gasteiger partial charge in [0.15, 0.2) is 0 Å². The molecule has 0 aliphatic carbocycles. The number of alkyl halides is 3. The van der Waals surface area contributed by atoms with E-state index in [2.05, 4.69) is 5.32 Å². The summed E-state index contributed by atoms with van der Waals surface area (Å²) in [5, 5.41) is 2.47. The molecule has 2 aromatic rings. The molecule has 12 heteroatoms. The first-order chi connectivity index (χ1) is 16.8. The number of sulfonamides is 1. The Labute approximate surface area is 214 Å². The van der Waals surface area contributed by atoms with Gasteiger partial charge in [0, 0.05) is 13.1 Å². The zero-order valence-corrected chi connectivity index (χ0v) is 21.8. The molecule has 0 spiro atoms. The van der Waals surface area contributed by atoms with Crippen molar-refractivity contribution < 1.29 is 31.2 Å². The summed E-state index contributed by atoms with van der Waals surface area (Å²) in [6, 6.07) is 10.1. The van der Waals surface area contributed by atoms with Crippen LogP contribution in [0.25, 0.3) is 0 Å². The van der Waals surface area contributed by atoms with Crippen LogP contribution in [0.4, 0.5) is 18.9 Å². The molecule has 36 heavy (non-hydrogen) atoms. The molecule has 0 aliphatic rings. The summed E-state index contributed by atoms with van der Waals surface area (Å²) < 4.78 is 65.7. The van der Waals surface area contributed by atoms with Crippen molar-refractivity contribution >= 4 is 39.1 Å². The summed E-state index contributed by atoms with van der Waals surface area (Å²) in [5.74, 6) is -1.18. The molecule has 2 aromatic carbocycles. The molecule has 0 radical (unpaired) electrons. The van der Waals surface area contributed by atoms with Gasteiger partial charge >= 0.3 is 6.18 Å². The third kappa shape index (κ3) is 7.86. The molecule has 1 unspecified atom stereocenters. The van der Waals surface area contributed by atoms with Crippen LogP contribution in [-0.2, 0) is 32.3 Å². The number of hydrogen-bond acceptors (Lipinski definition) is 4. The smallest absolute Gasteiger partial charge is 0.354 e. The number of carbonyl (C=O) groups is 2. The molecule has 1 N–H and O–H groups in total. The van der Waals surface area contributed by atoms with E-state index in [0.29, 0.717) is 28.9 Å². The van der Waals surface area contributed by atoms with Crippen molar-refractivity contribution in [3.8, 4) is 0 Å². The van der Waals surface area contributed by atoms with Crippen molar-refractivity contribution in [2.75, 3.05) is 23.7 Å². The van der Waals surface area contributed by atoms with E-state index in [1.807, 2.05) is 6.92 Å². The minimum absolute atomic E-state index is 0.00828. The number of hydrogen-bond donors (Lipinski definition) is 1. The number of carbonyl (C=O) groups excluding carboxylic acids is 2. The van der Waals surface area contributed by atoms with E-state index < -0.39 is 51.9 Å². The average molecular weight is 548 g/mol. The molecule has 2 amide bonds. The van der Waals surface area contributed by atoms with E-state index in [4.69, 9.17) is 11.6 Å². The number of rotatable bonds is 11. The first-order valence-corrected chi connectivity index (χ1v) is 13.5.